The van der Waals surface area contributed by atoms with E-state index in [1.807, 2.05) is 0 Å². The zero-order valence-corrected chi connectivity index (χ0v) is 11.2. The van der Waals surface area contributed by atoms with Gasteiger partial charge in [0.05, 0.1) is 11.0 Å². The fourth-order valence-electron chi connectivity index (χ4n) is 1.61. The average Bonchev–Trinajstić information content (AvgIpc) is 2.54. The molecule has 1 aliphatic carbocycles. The molecule has 0 aliphatic heterocycles. The maximum atomic E-state index is 11.0. The van der Waals surface area contributed by atoms with Crippen molar-refractivity contribution in [3.8, 4) is 17.9 Å². The molecular weight excluding hydrogens is 276 g/mol. The smallest absolute Gasteiger partial charge is 0.409 e. The summed E-state index contributed by atoms with van der Waals surface area (Å²) in [6.07, 6.45) is 1.59. The van der Waals surface area contributed by atoms with Crippen LogP contribution in [0.1, 0.15) is 19.8 Å². The van der Waals surface area contributed by atoms with Gasteiger partial charge in [-0.1, -0.05) is 5.92 Å². The van der Waals surface area contributed by atoms with Crippen molar-refractivity contribution >= 4 is 5.78 Å². The van der Waals surface area contributed by atoms with Crippen molar-refractivity contribution in [3.05, 3.63) is 39.1 Å². The van der Waals surface area contributed by atoms with Crippen LogP contribution in [0.4, 0.5) is 0 Å². The molecule has 1 aliphatic rings. The molecule has 0 heterocycles. The summed E-state index contributed by atoms with van der Waals surface area (Å²) in [5, 5.41) is 36.5. The molecule has 0 bridgehead atoms. The summed E-state index contributed by atoms with van der Waals surface area (Å²) in [5.41, 5.74) is 1.78. The van der Waals surface area contributed by atoms with Crippen LogP contribution in [0.3, 0.4) is 0 Å². The maximum Gasteiger partial charge on any atom is 0.409 e. The number of carbonyl (C=O) groups is 1. The number of hydrogen-bond acceptors (Lipinski definition) is 5. The van der Waals surface area contributed by atoms with E-state index in [2.05, 4.69) is 17.6 Å². The van der Waals surface area contributed by atoms with E-state index in [4.69, 9.17) is 10.4 Å². The summed E-state index contributed by atoms with van der Waals surface area (Å²) in [6, 6.07) is 1.76. The van der Waals surface area contributed by atoms with E-state index in [1.165, 1.54) is 13.0 Å². The summed E-state index contributed by atoms with van der Waals surface area (Å²) in [5.74, 6) is 2.46. The minimum atomic E-state index is -1.000. The highest BCUT2D eigenvalue weighted by molar-refractivity contribution is 5.83. The van der Waals surface area contributed by atoms with E-state index < -0.39 is 28.1 Å². The number of aliphatic hydroxyl groups excluding tert-OH is 1. The van der Waals surface area contributed by atoms with Crippen LogP contribution in [0.25, 0.3) is 0 Å². The predicted molar refractivity (Wildman–Crippen MR) is 72.1 cm³/mol. The van der Waals surface area contributed by atoms with Crippen LogP contribution in [0, 0.1) is 45.1 Å². The fraction of sp³-hybridized carbons (Fsp3) is 0.357. The van der Waals surface area contributed by atoms with Crippen molar-refractivity contribution in [1.82, 2.24) is 0 Å². The van der Waals surface area contributed by atoms with Gasteiger partial charge in [0, 0.05) is 18.8 Å². The fourth-order valence-corrected chi connectivity index (χ4v) is 1.61. The molecule has 0 fully saturated rings. The number of allylic oxidation sites excluding steroid dienone is 1. The van der Waals surface area contributed by atoms with Crippen LogP contribution >= 0.6 is 0 Å². The molecule has 0 aromatic rings. The lowest BCUT2D eigenvalue weighted by atomic mass is 10.00. The second-order valence-electron chi connectivity index (χ2n) is 4.40. The van der Waals surface area contributed by atoms with Gasteiger partial charge in [-0.05, 0) is 18.7 Å². The summed E-state index contributed by atoms with van der Waals surface area (Å²) in [7, 11) is 0. The highest BCUT2D eigenvalue weighted by Crippen LogP contribution is 2.23. The third-order valence-corrected chi connectivity index (χ3v) is 2.77. The van der Waals surface area contributed by atoms with Gasteiger partial charge in [0.2, 0.25) is 0 Å². The van der Waals surface area contributed by atoms with Gasteiger partial charge in [0.25, 0.3) is 0 Å². The molecule has 108 valence electrons. The predicted octanol–water partition coefficient (Wildman–Crippen LogP) is 0.938. The Morgan fingerprint density at radius 1 is 1.76 bits per heavy atom. The van der Waals surface area contributed by atoms with Crippen molar-refractivity contribution in [2.45, 2.75) is 19.8 Å². The Labute approximate surface area is 120 Å². The molecule has 1 rings (SSSR count). The summed E-state index contributed by atoms with van der Waals surface area (Å²) in [6.45, 7) is 1.27. The molecular formula is C14H13N2O5+. The Kier molecular flexibility index (Phi) is 5.31. The molecule has 0 amide bonds. The van der Waals surface area contributed by atoms with Crippen LogP contribution in [0.2, 0.25) is 0 Å². The zero-order chi connectivity index (χ0) is 16.0. The first-order valence-corrected chi connectivity index (χ1v) is 6.00. The number of nitrogens with zero attached hydrogens (tertiary/aromatic N) is 2. The number of nitro groups is 1. The standard InChI is InChI=1S/C14H12N2O5/c1-9(17)11(8-15)4-2-3-10-5-6-12(16(20)21)14(19)13(18)7-10/h5,10-11,18-19H,3,7H2,1H3/p+1. The van der Waals surface area contributed by atoms with Crippen LogP contribution in [0.5, 0.6) is 0 Å². The lowest BCUT2D eigenvalue weighted by Gasteiger charge is -2.04. The molecule has 7 heteroatoms. The molecule has 7 nitrogen and oxygen atoms in total. The van der Waals surface area contributed by atoms with E-state index in [0.29, 0.717) is 0 Å². The number of carbonyl (C=O) groups excluding carboxylic acids is 1. The first kappa shape index (κ1) is 16.0. The van der Waals surface area contributed by atoms with E-state index in [1.54, 1.807) is 6.07 Å². The van der Waals surface area contributed by atoms with Crippen LogP contribution in [-0.2, 0) is 4.79 Å². The molecule has 0 aromatic carbocycles. The average molecular weight is 289 g/mol. The molecule has 2 unspecified atom stereocenters. The summed E-state index contributed by atoms with van der Waals surface area (Å²) >= 11 is 0. The van der Waals surface area contributed by atoms with E-state index >= 15 is 0 Å². The summed E-state index contributed by atoms with van der Waals surface area (Å²) in [4.78, 5) is 20.9. The van der Waals surface area contributed by atoms with Gasteiger partial charge in [0.1, 0.15) is 0 Å². The number of rotatable bonds is 3. The molecule has 3 N–H and O–H groups in total. The van der Waals surface area contributed by atoms with Gasteiger partial charge in [-0.25, -0.2) is 0 Å². The molecule has 0 saturated heterocycles. The SMILES string of the molecule is CC(=O)C(C#N)C#CCC1C=C=C([N+](=O)[O-])C([OH2+])=C(O)C1. The highest BCUT2D eigenvalue weighted by atomic mass is 16.6. The number of hydrogen-bond donors (Lipinski definition) is 1. The van der Waals surface area contributed by atoms with Gasteiger partial charge >= 0.3 is 11.5 Å². The first-order valence-electron chi connectivity index (χ1n) is 6.00. The minimum Gasteiger partial charge on any atom is -0.586 e. The Bertz CT molecular complexity index is 666. The second-order valence-corrected chi connectivity index (χ2v) is 4.40. The highest BCUT2D eigenvalue weighted by Gasteiger charge is 2.29. The van der Waals surface area contributed by atoms with Crippen molar-refractivity contribution in [1.29, 1.82) is 5.26 Å². The van der Waals surface area contributed by atoms with Crippen molar-refractivity contribution in [3.63, 3.8) is 0 Å². The normalized spacial score (nSPS) is 18.7. The summed E-state index contributed by atoms with van der Waals surface area (Å²) < 4.78 is 0. The lowest BCUT2D eigenvalue weighted by molar-refractivity contribution is -0.423. The third-order valence-electron chi connectivity index (χ3n) is 2.77. The van der Waals surface area contributed by atoms with Gasteiger partial charge < -0.3 is 10.2 Å². The van der Waals surface area contributed by atoms with Crippen LogP contribution in [0.15, 0.2) is 29.0 Å². The second kappa shape index (κ2) is 6.95. The number of nitriles is 1. The monoisotopic (exact) mass is 289 g/mol. The first-order chi connectivity index (χ1) is 9.86. The van der Waals surface area contributed by atoms with Gasteiger partial charge in [-0.2, -0.15) is 5.26 Å². The molecule has 0 radical (unpaired) electrons. The lowest BCUT2D eigenvalue weighted by Crippen LogP contribution is -2.05. The van der Waals surface area contributed by atoms with Gasteiger partial charge in [-0.15, -0.1) is 5.92 Å². The Hall–Kier alpha value is -3.02. The minimum absolute atomic E-state index is 0.0230. The third kappa shape index (κ3) is 4.24. The number of ketones is 1. The van der Waals surface area contributed by atoms with E-state index in [0.717, 1.165) is 0 Å². The van der Waals surface area contributed by atoms with Crippen LogP contribution in [-0.4, -0.2) is 20.9 Å². The molecule has 2 atom stereocenters. The Morgan fingerprint density at radius 3 is 2.95 bits per heavy atom. The van der Waals surface area contributed by atoms with E-state index in [9.17, 15) is 20.0 Å². The topological polar surface area (TPSA) is 127 Å². The molecule has 21 heavy (non-hydrogen) atoms. The Balaban J connectivity index is 2.92. The number of Topliss-reactive ketones (excluding diaryl/α,β-unsaturated/α-hetero) is 1. The quantitative estimate of drug-likeness (QED) is 0.272. The van der Waals surface area contributed by atoms with E-state index in [-0.39, 0.29) is 24.5 Å². The molecule has 0 aromatic heterocycles. The van der Waals surface area contributed by atoms with Crippen molar-refractivity contribution in [2.75, 3.05) is 0 Å². The maximum absolute atomic E-state index is 11.0. The van der Waals surface area contributed by atoms with Gasteiger partial charge in [-0.3, -0.25) is 14.9 Å². The van der Waals surface area contributed by atoms with Gasteiger partial charge in [0.15, 0.2) is 17.5 Å². The van der Waals surface area contributed by atoms with Crippen molar-refractivity contribution in [2.24, 2.45) is 11.8 Å². The Morgan fingerprint density at radius 2 is 2.43 bits per heavy atom. The number of aliphatic hydroxyl groups is 1. The molecule has 0 spiro atoms. The largest absolute Gasteiger partial charge is 0.586 e. The van der Waals surface area contributed by atoms with Crippen LogP contribution < -0.4 is 0 Å². The zero-order valence-electron chi connectivity index (χ0n) is 11.2. The molecule has 0 saturated carbocycles. The van der Waals surface area contributed by atoms with Crippen molar-refractivity contribution < 1.29 is 19.9 Å².